The van der Waals surface area contributed by atoms with Crippen LogP contribution in [0.2, 0.25) is 0 Å². The zero-order valence-corrected chi connectivity index (χ0v) is 9.43. The van der Waals surface area contributed by atoms with Crippen LogP contribution in [0.15, 0.2) is 18.2 Å². The molecule has 1 aromatic rings. The molecule has 4 nitrogen and oxygen atoms in total. The highest BCUT2D eigenvalue weighted by molar-refractivity contribution is 5.47. The van der Waals surface area contributed by atoms with E-state index in [1.165, 1.54) is 0 Å². The average molecular weight is 221 g/mol. The molecule has 1 unspecified atom stereocenters. The van der Waals surface area contributed by atoms with Crippen LogP contribution in [0.3, 0.4) is 0 Å². The van der Waals surface area contributed by atoms with Gasteiger partial charge in [-0.1, -0.05) is 12.1 Å². The van der Waals surface area contributed by atoms with E-state index in [1.807, 2.05) is 6.07 Å². The standard InChI is InChI=1S/C12H15NO3/c1-8-3-4-10(7-11(8)13(15)16)12(5-6-12)9(2)14/h3-4,7,9,14H,5-6H2,1-2H3. The van der Waals surface area contributed by atoms with E-state index in [2.05, 4.69) is 0 Å². The first-order chi connectivity index (χ1) is 7.47. The van der Waals surface area contributed by atoms with Gasteiger partial charge in [0.2, 0.25) is 0 Å². The Labute approximate surface area is 94.1 Å². The summed E-state index contributed by atoms with van der Waals surface area (Å²) in [6.07, 6.45) is 1.37. The number of hydrogen-bond acceptors (Lipinski definition) is 3. The monoisotopic (exact) mass is 221 g/mol. The number of benzene rings is 1. The molecule has 4 heteroatoms. The predicted octanol–water partition coefficient (Wildman–Crippen LogP) is 2.32. The molecule has 1 saturated carbocycles. The normalized spacial score (nSPS) is 19.2. The molecule has 0 spiro atoms. The minimum Gasteiger partial charge on any atom is -0.392 e. The SMILES string of the molecule is Cc1ccc(C2(C(C)O)CC2)cc1[N+](=O)[O-]. The first-order valence-corrected chi connectivity index (χ1v) is 5.41. The van der Waals surface area contributed by atoms with E-state index in [4.69, 9.17) is 0 Å². The quantitative estimate of drug-likeness (QED) is 0.629. The second kappa shape index (κ2) is 3.56. The molecule has 0 aromatic heterocycles. The maximum atomic E-state index is 10.8. The number of rotatable bonds is 3. The summed E-state index contributed by atoms with van der Waals surface area (Å²) in [6.45, 7) is 3.47. The smallest absolute Gasteiger partial charge is 0.272 e. The number of nitro benzene ring substituents is 1. The Balaban J connectivity index is 2.44. The zero-order chi connectivity index (χ0) is 11.9. The van der Waals surface area contributed by atoms with Gasteiger partial charge in [0.15, 0.2) is 0 Å². The number of aliphatic hydroxyl groups is 1. The van der Waals surface area contributed by atoms with E-state index in [9.17, 15) is 15.2 Å². The van der Waals surface area contributed by atoms with Crippen LogP contribution in [-0.4, -0.2) is 16.1 Å². The Morgan fingerprint density at radius 1 is 1.50 bits per heavy atom. The largest absolute Gasteiger partial charge is 0.392 e. The van der Waals surface area contributed by atoms with Crippen molar-refractivity contribution in [1.29, 1.82) is 0 Å². The predicted molar refractivity (Wildman–Crippen MR) is 60.4 cm³/mol. The summed E-state index contributed by atoms with van der Waals surface area (Å²) in [5.41, 5.74) is 1.46. The van der Waals surface area contributed by atoms with Crippen molar-refractivity contribution in [2.75, 3.05) is 0 Å². The lowest BCUT2D eigenvalue weighted by molar-refractivity contribution is -0.385. The van der Waals surface area contributed by atoms with Gasteiger partial charge in [-0.15, -0.1) is 0 Å². The molecule has 1 aromatic carbocycles. The maximum Gasteiger partial charge on any atom is 0.272 e. The van der Waals surface area contributed by atoms with Gasteiger partial charge in [0.1, 0.15) is 0 Å². The Bertz CT molecular complexity index is 436. The second-order valence-electron chi connectivity index (χ2n) is 4.59. The topological polar surface area (TPSA) is 63.4 Å². The Morgan fingerprint density at radius 2 is 2.12 bits per heavy atom. The lowest BCUT2D eigenvalue weighted by Gasteiger charge is -2.19. The molecule has 0 aliphatic heterocycles. The molecule has 1 atom stereocenters. The molecule has 1 aliphatic carbocycles. The molecule has 2 rings (SSSR count). The van der Waals surface area contributed by atoms with Crippen LogP contribution >= 0.6 is 0 Å². The molecule has 86 valence electrons. The van der Waals surface area contributed by atoms with Crippen molar-refractivity contribution < 1.29 is 10.0 Å². The molecule has 1 fully saturated rings. The van der Waals surface area contributed by atoms with Gasteiger partial charge >= 0.3 is 0 Å². The average Bonchev–Trinajstić information content (AvgIpc) is 2.98. The molecule has 0 saturated heterocycles. The molecule has 1 N–H and O–H groups in total. The van der Waals surface area contributed by atoms with Crippen LogP contribution in [0.25, 0.3) is 0 Å². The Hall–Kier alpha value is -1.42. The van der Waals surface area contributed by atoms with Crippen LogP contribution < -0.4 is 0 Å². The van der Waals surface area contributed by atoms with Crippen LogP contribution in [0, 0.1) is 17.0 Å². The van der Waals surface area contributed by atoms with Crippen molar-refractivity contribution in [2.45, 2.75) is 38.2 Å². The molecule has 16 heavy (non-hydrogen) atoms. The first kappa shape index (κ1) is 11.1. The highest BCUT2D eigenvalue weighted by Crippen LogP contribution is 2.51. The summed E-state index contributed by atoms with van der Waals surface area (Å²) in [5, 5.41) is 20.6. The minimum absolute atomic E-state index is 0.143. The fourth-order valence-corrected chi connectivity index (χ4v) is 2.20. The number of hydrogen-bond donors (Lipinski definition) is 1. The lowest BCUT2D eigenvalue weighted by Crippen LogP contribution is -2.22. The summed E-state index contributed by atoms with van der Waals surface area (Å²) < 4.78 is 0. The molecular formula is C12H15NO3. The molecule has 0 amide bonds. The third-order valence-electron chi connectivity index (χ3n) is 3.57. The van der Waals surface area contributed by atoms with Crippen LogP contribution in [0.1, 0.15) is 30.9 Å². The van der Waals surface area contributed by atoms with Crippen molar-refractivity contribution in [3.05, 3.63) is 39.4 Å². The van der Waals surface area contributed by atoms with Crippen molar-refractivity contribution in [1.82, 2.24) is 0 Å². The maximum absolute atomic E-state index is 10.8. The lowest BCUT2D eigenvalue weighted by atomic mass is 9.90. The fourth-order valence-electron chi connectivity index (χ4n) is 2.20. The van der Waals surface area contributed by atoms with Crippen LogP contribution in [-0.2, 0) is 5.41 Å². The van der Waals surface area contributed by atoms with Gasteiger partial charge in [0, 0.05) is 17.0 Å². The van der Waals surface area contributed by atoms with Gasteiger partial charge in [0.05, 0.1) is 11.0 Å². The fraction of sp³-hybridized carbons (Fsp3) is 0.500. The number of nitro groups is 1. The summed E-state index contributed by atoms with van der Waals surface area (Å²) in [5.74, 6) is 0. The summed E-state index contributed by atoms with van der Waals surface area (Å²) >= 11 is 0. The third-order valence-corrected chi connectivity index (χ3v) is 3.57. The summed E-state index contributed by atoms with van der Waals surface area (Å²) in [6, 6.07) is 5.26. The molecule has 0 radical (unpaired) electrons. The Morgan fingerprint density at radius 3 is 2.56 bits per heavy atom. The molecular weight excluding hydrogens is 206 g/mol. The number of nitrogens with zero attached hydrogens (tertiary/aromatic N) is 1. The van der Waals surface area contributed by atoms with E-state index in [0.717, 1.165) is 18.4 Å². The number of aliphatic hydroxyl groups excluding tert-OH is 1. The van der Waals surface area contributed by atoms with Crippen molar-refractivity contribution in [2.24, 2.45) is 0 Å². The van der Waals surface area contributed by atoms with E-state index in [1.54, 1.807) is 26.0 Å². The van der Waals surface area contributed by atoms with Gasteiger partial charge in [-0.05, 0) is 32.3 Å². The van der Waals surface area contributed by atoms with Gasteiger partial charge in [-0.25, -0.2) is 0 Å². The first-order valence-electron chi connectivity index (χ1n) is 5.41. The van der Waals surface area contributed by atoms with E-state index in [-0.39, 0.29) is 16.0 Å². The van der Waals surface area contributed by atoms with Gasteiger partial charge in [-0.3, -0.25) is 10.1 Å². The van der Waals surface area contributed by atoms with Crippen molar-refractivity contribution in [3.63, 3.8) is 0 Å². The summed E-state index contributed by atoms with van der Waals surface area (Å²) in [4.78, 5) is 10.5. The minimum atomic E-state index is -0.449. The Kier molecular flexibility index (Phi) is 2.46. The van der Waals surface area contributed by atoms with Gasteiger partial charge in [0.25, 0.3) is 5.69 Å². The molecule has 0 heterocycles. The van der Waals surface area contributed by atoms with E-state index >= 15 is 0 Å². The van der Waals surface area contributed by atoms with Crippen molar-refractivity contribution >= 4 is 5.69 Å². The van der Waals surface area contributed by atoms with Crippen LogP contribution in [0.5, 0.6) is 0 Å². The van der Waals surface area contributed by atoms with Crippen LogP contribution in [0.4, 0.5) is 5.69 Å². The van der Waals surface area contributed by atoms with E-state index < -0.39 is 6.10 Å². The number of aryl methyl sites for hydroxylation is 1. The molecule has 0 bridgehead atoms. The summed E-state index contributed by atoms with van der Waals surface area (Å²) in [7, 11) is 0. The zero-order valence-electron chi connectivity index (χ0n) is 9.43. The highest BCUT2D eigenvalue weighted by Gasteiger charge is 2.48. The highest BCUT2D eigenvalue weighted by atomic mass is 16.6. The second-order valence-corrected chi connectivity index (χ2v) is 4.59. The van der Waals surface area contributed by atoms with Crippen molar-refractivity contribution in [3.8, 4) is 0 Å². The van der Waals surface area contributed by atoms with E-state index in [0.29, 0.717) is 5.56 Å². The van der Waals surface area contributed by atoms with Gasteiger partial charge in [-0.2, -0.15) is 0 Å². The molecule has 1 aliphatic rings. The third kappa shape index (κ3) is 1.59. The van der Waals surface area contributed by atoms with Gasteiger partial charge < -0.3 is 5.11 Å².